The fraction of sp³-hybridized carbons (Fsp3) is 0.333. The predicted octanol–water partition coefficient (Wildman–Crippen LogP) is 4.50. The van der Waals surface area contributed by atoms with Gasteiger partial charge in [0.15, 0.2) is 5.17 Å². The highest BCUT2D eigenvalue weighted by Crippen LogP contribution is 2.33. The molecule has 1 aliphatic carbocycles. The van der Waals surface area contributed by atoms with Crippen LogP contribution in [0.25, 0.3) is 6.08 Å². The lowest BCUT2D eigenvalue weighted by Crippen LogP contribution is -2.21. The minimum absolute atomic E-state index is 0.146. The van der Waals surface area contributed by atoms with Crippen LogP contribution in [0.4, 0.5) is 0 Å². The van der Waals surface area contributed by atoms with Crippen molar-refractivity contribution in [2.75, 3.05) is 0 Å². The topological polar surface area (TPSA) is 41.5 Å². The predicted molar refractivity (Wildman–Crippen MR) is 89.9 cm³/mol. The van der Waals surface area contributed by atoms with Crippen molar-refractivity contribution in [1.82, 2.24) is 5.32 Å². The van der Waals surface area contributed by atoms with Crippen LogP contribution in [0.3, 0.4) is 0 Å². The van der Waals surface area contributed by atoms with E-state index >= 15 is 0 Å². The third-order valence-corrected chi connectivity index (χ3v) is 5.13. The molecule has 1 amide bonds. The van der Waals surface area contributed by atoms with Gasteiger partial charge in [0, 0.05) is 15.6 Å². The SMILES string of the molecule is O=C1NC(=NC2CCCC2)S/C1=C\c1c(Cl)cccc1Cl. The number of thioether (sulfide) groups is 1. The van der Waals surface area contributed by atoms with E-state index in [1.54, 1.807) is 24.3 Å². The van der Waals surface area contributed by atoms with Crippen LogP contribution in [-0.4, -0.2) is 17.1 Å². The summed E-state index contributed by atoms with van der Waals surface area (Å²) in [6, 6.07) is 5.63. The molecule has 6 heteroatoms. The number of amides is 1. The lowest BCUT2D eigenvalue weighted by Gasteiger charge is -2.02. The van der Waals surface area contributed by atoms with Crippen LogP contribution in [0.1, 0.15) is 31.2 Å². The zero-order valence-electron chi connectivity index (χ0n) is 11.2. The van der Waals surface area contributed by atoms with Gasteiger partial charge in [-0.15, -0.1) is 0 Å². The molecule has 1 aliphatic heterocycles. The maximum Gasteiger partial charge on any atom is 0.264 e. The first kappa shape index (κ1) is 14.9. The van der Waals surface area contributed by atoms with Crippen LogP contribution in [0.2, 0.25) is 10.0 Å². The van der Waals surface area contributed by atoms with Crippen molar-refractivity contribution in [3.63, 3.8) is 0 Å². The van der Waals surface area contributed by atoms with Crippen molar-refractivity contribution in [3.05, 3.63) is 38.7 Å². The Balaban J connectivity index is 1.83. The molecule has 1 heterocycles. The third-order valence-electron chi connectivity index (χ3n) is 3.55. The van der Waals surface area contributed by atoms with Gasteiger partial charge in [0.25, 0.3) is 5.91 Å². The summed E-state index contributed by atoms with van der Waals surface area (Å²) in [6.07, 6.45) is 6.38. The normalized spacial score (nSPS) is 23.2. The second kappa shape index (κ2) is 6.42. The van der Waals surface area contributed by atoms with Crippen LogP contribution in [0, 0.1) is 0 Å². The summed E-state index contributed by atoms with van der Waals surface area (Å²) in [7, 11) is 0. The molecule has 1 aromatic rings. The summed E-state index contributed by atoms with van der Waals surface area (Å²) >= 11 is 13.6. The zero-order chi connectivity index (χ0) is 14.8. The molecule has 0 spiro atoms. The molecular formula is C15H14Cl2N2OS. The van der Waals surface area contributed by atoms with Crippen molar-refractivity contribution < 1.29 is 4.79 Å². The molecule has 0 atom stereocenters. The largest absolute Gasteiger partial charge is 0.301 e. The van der Waals surface area contributed by atoms with E-state index in [4.69, 9.17) is 23.2 Å². The maximum absolute atomic E-state index is 12.0. The zero-order valence-corrected chi connectivity index (χ0v) is 13.6. The Morgan fingerprint density at radius 1 is 1.24 bits per heavy atom. The van der Waals surface area contributed by atoms with Crippen LogP contribution >= 0.6 is 35.0 Å². The van der Waals surface area contributed by atoms with Crippen molar-refractivity contribution in [3.8, 4) is 0 Å². The maximum atomic E-state index is 12.0. The molecular weight excluding hydrogens is 327 g/mol. The van der Waals surface area contributed by atoms with E-state index in [0.29, 0.717) is 31.7 Å². The van der Waals surface area contributed by atoms with Gasteiger partial charge in [-0.25, -0.2) is 0 Å². The highest BCUT2D eigenvalue weighted by atomic mass is 35.5. The van der Waals surface area contributed by atoms with Gasteiger partial charge in [0.05, 0.1) is 10.9 Å². The molecule has 0 aromatic heterocycles. The van der Waals surface area contributed by atoms with Crippen molar-refractivity contribution in [2.45, 2.75) is 31.7 Å². The smallest absolute Gasteiger partial charge is 0.264 e. The van der Waals surface area contributed by atoms with E-state index in [0.717, 1.165) is 12.8 Å². The first-order valence-electron chi connectivity index (χ1n) is 6.86. The molecule has 0 radical (unpaired) electrons. The molecule has 0 bridgehead atoms. The Morgan fingerprint density at radius 3 is 2.57 bits per heavy atom. The minimum Gasteiger partial charge on any atom is -0.301 e. The molecule has 3 rings (SSSR count). The molecule has 1 N–H and O–H groups in total. The van der Waals surface area contributed by atoms with Gasteiger partial charge in [-0.3, -0.25) is 9.79 Å². The number of benzene rings is 1. The molecule has 0 unspecified atom stereocenters. The fourth-order valence-electron chi connectivity index (χ4n) is 2.47. The van der Waals surface area contributed by atoms with E-state index in [-0.39, 0.29) is 5.91 Å². The molecule has 1 saturated heterocycles. The monoisotopic (exact) mass is 340 g/mol. The number of halogens is 2. The highest BCUT2D eigenvalue weighted by Gasteiger charge is 2.26. The van der Waals surface area contributed by atoms with Gasteiger partial charge in [-0.2, -0.15) is 0 Å². The Bertz CT molecular complexity index is 616. The van der Waals surface area contributed by atoms with E-state index in [9.17, 15) is 4.79 Å². The lowest BCUT2D eigenvalue weighted by atomic mass is 10.2. The summed E-state index contributed by atoms with van der Waals surface area (Å²) < 4.78 is 0. The number of nitrogens with zero attached hydrogens (tertiary/aromatic N) is 1. The van der Waals surface area contributed by atoms with Crippen LogP contribution in [0.5, 0.6) is 0 Å². The fourth-order valence-corrected chi connectivity index (χ4v) is 3.85. The highest BCUT2D eigenvalue weighted by molar-refractivity contribution is 8.18. The number of amidine groups is 1. The Morgan fingerprint density at radius 2 is 1.90 bits per heavy atom. The number of carbonyl (C=O) groups excluding carboxylic acids is 1. The number of hydrogen-bond donors (Lipinski definition) is 1. The van der Waals surface area contributed by atoms with Gasteiger partial charge in [-0.05, 0) is 42.8 Å². The number of rotatable bonds is 2. The Kier molecular flexibility index (Phi) is 4.57. The molecule has 3 nitrogen and oxygen atoms in total. The lowest BCUT2D eigenvalue weighted by molar-refractivity contribution is -0.115. The van der Waals surface area contributed by atoms with Gasteiger partial charge >= 0.3 is 0 Å². The summed E-state index contributed by atoms with van der Waals surface area (Å²) in [5.41, 5.74) is 0.667. The first-order chi connectivity index (χ1) is 10.1. The van der Waals surface area contributed by atoms with E-state index in [2.05, 4.69) is 10.3 Å². The molecule has 1 saturated carbocycles. The third kappa shape index (κ3) is 3.44. The second-order valence-corrected chi connectivity index (χ2v) is 6.92. The number of carbonyl (C=O) groups is 1. The van der Waals surface area contributed by atoms with Crippen molar-refractivity contribution in [1.29, 1.82) is 0 Å². The van der Waals surface area contributed by atoms with E-state index < -0.39 is 0 Å². The van der Waals surface area contributed by atoms with Crippen molar-refractivity contribution in [2.24, 2.45) is 4.99 Å². The molecule has 110 valence electrons. The summed E-state index contributed by atoms with van der Waals surface area (Å²) in [5, 5.41) is 4.56. The number of nitrogens with one attached hydrogen (secondary N) is 1. The summed E-state index contributed by atoms with van der Waals surface area (Å²) in [6.45, 7) is 0. The first-order valence-corrected chi connectivity index (χ1v) is 8.43. The summed E-state index contributed by atoms with van der Waals surface area (Å²) in [5.74, 6) is -0.146. The van der Waals surface area contributed by atoms with Crippen LogP contribution in [0.15, 0.2) is 28.1 Å². The van der Waals surface area contributed by atoms with E-state index in [1.165, 1.54) is 24.6 Å². The van der Waals surface area contributed by atoms with E-state index in [1.807, 2.05) is 0 Å². The molecule has 1 aromatic carbocycles. The van der Waals surface area contributed by atoms with Gasteiger partial charge < -0.3 is 5.32 Å². The van der Waals surface area contributed by atoms with Crippen molar-refractivity contribution >= 4 is 52.1 Å². The second-order valence-electron chi connectivity index (χ2n) is 5.07. The van der Waals surface area contributed by atoms with Gasteiger partial charge in [0.2, 0.25) is 0 Å². The average Bonchev–Trinajstić information content (AvgIpc) is 3.05. The number of aliphatic imine (C=N–C) groups is 1. The van der Waals surface area contributed by atoms with Crippen LogP contribution < -0.4 is 5.32 Å². The Labute approximate surface area is 137 Å². The summed E-state index contributed by atoms with van der Waals surface area (Å²) in [4.78, 5) is 17.2. The van der Waals surface area contributed by atoms with Crippen LogP contribution in [-0.2, 0) is 4.79 Å². The van der Waals surface area contributed by atoms with Gasteiger partial charge in [0.1, 0.15) is 0 Å². The van der Waals surface area contributed by atoms with Gasteiger partial charge in [-0.1, -0.05) is 42.1 Å². The molecule has 2 aliphatic rings. The quantitative estimate of drug-likeness (QED) is 0.805. The standard InChI is InChI=1S/C15H14Cl2N2OS/c16-11-6-3-7-12(17)10(11)8-13-14(20)19-15(21-13)18-9-4-1-2-5-9/h3,6-9H,1-2,4-5H2,(H,18,19,20)/b13-8-. The average molecular weight is 341 g/mol. The molecule has 2 fully saturated rings. The Hall–Kier alpha value is -0.970. The molecule has 21 heavy (non-hydrogen) atoms. The number of hydrogen-bond acceptors (Lipinski definition) is 3. The minimum atomic E-state index is -0.146.